The number of anilines is 2. The van der Waals surface area contributed by atoms with Crippen LogP contribution in [0.4, 0.5) is 16.0 Å². The zero-order valence-electron chi connectivity index (χ0n) is 15.1. The van der Waals surface area contributed by atoms with Gasteiger partial charge in [-0.1, -0.05) is 12.1 Å². The predicted molar refractivity (Wildman–Crippen MR) is 99.9 cm³/mol. The van der Waals surface area contributed by atoms with Crippen molar-refractivity contribution in [2.24, 2.45) is 7.05 Å². The third kappa shape index (κ3) is 3.25. The molecule has 27 heavy (non-hydrogen) atoms. The highest BCUT2D eigenvalue weighted by atomic mass is 19.1. The maximum atomic E-state index is 14.2. The Labute approximate surface area is 156 Å². The minimum absolute atomic E-state index is 0.0501. The summed E-state index contributed by atoms with van der Waals surface area (Å²) in [6, 6.07) is 6.52. The van der Waals surface area contributed by atoms with E-state index in [2.05, 4.69) is 15.1 Å². The lowest BCUT2D eigenvalue weighted by molar-refractivity contribution is -0.117. The number of hydrogen-bond donors (Lipinski definition) is 0. The molecule has 0 radical (unpaired) electrons. The fourth-order valence-electron chi connectivity index (χ4n) is 3.18. The Morgan fingerprint density at radius 2 is 1.96 bits per heavy atom. The number of halogens is 1. The lowest BCUT2D eigenvalue weighted by Crippen LogP contribution is -2.51. The van der Waals surface area contributed by atoms with Crippen molar-refractivity contribution in [3.05, 3.63) is 54.2 Å². The molecule has 7 nitrogen and oxygen atoms in total. The summed E-state index contributed by atoms with van der Waals surface area (Å²) >= 11 is 0. The van der Waals surface area contributed by atoms with Crippen molar-refractivity contribution in [3.63, 3.8) is 0 Å². The average Bonchev–Trinajstić information content (AvgIpc) is 3.09. The zero-order valence-corrected chi connectivity index (χ0v) is 15.1. The van der Waals surface area contributed by atoms with Crippen molar-refractivity contribution in [3.8, 4) is 11.3 Å². The lowest BCUT2D eigenvalue weighted by Gasteiger charge is -2.33. The van der Waals surface area contributed by atoms with Gasteiger partial charge in [0.25, 0.3) is 0 Å². The van der Waals surface area contributed by atoms with E-state index in [9.17, 15) is 9.18 Å². The first-order chi connectivity index (χ1) is 13.0. The second kappa shape index (κ2) is 6.79. The van der Waals surface area contributed by atoms with Crippen LogP contribution in [-0.4, -0.2) is 45.3 Å². The van der Waals surface area contributed by atoms with Crippen LogP contribution < -0.4 is 9.80 Å². The largest absolute Gasteiger partial charge is 0.330 e. The number of benzene rings is 1. The van der Waals surface area contributed by atoms with Gasteiger partial charge in [-0.3, -0.25) is 9.48 Å². The summed E-state index contributed by atoms with van der Waals surface area (Å²) in [7, 11) is 1.81. The quantitative estimate of drug-likeness (QED) is 0.711. The molecule has 3 heterocycles. The van der Waals surface area contributed by atoms with Gasteiger partial charge in [0.15, 0.2) is 0 Å². The van der Waals surface area contributed by atoms with Gasteiger partial charge in [-0.05, 0) is 24.6 Å². The Balaban J connectivity index is 1.59. The van der Waals surface area contributed by atoms with Crippen molar-refractivity contribution in [1.82, 2.24) is 19.7 Å². The number of rotatable bonds is 3. The number of aromatic nitrogens is 4. The first-order valence-electron chi connectivity index (χ1n) is 8.65. The minimum atomic E-state index is -0.331. The summed E-state index contributed by atoms with van der Waals surface area (Å²) in [6.45, 7) is 3.10. The molecule has 0 N–H and O–H groups in total. The fourth-order valence-corrected chi connectivity index (χ4v) is 3.18. The van der Waals surface area contributed by atoms with Crippen LogP contribution in [-0.2, 0) is 11.8 Å². The molecule has 1 saturated heterocycles. The fraction of sp³-hybridized carbons (Fsp3) is 0.263. The van der Waals surface area contributed by atoms with Crippen LogP contribution in [0, 0.1) is 12.7 Å². The molecule has 0 unspecified atom stereocenters. The summed E-state index contributed by atoms with van der Waals surface area (Å²) in [5.41, 5.74) is 2.53. The van der Waals surface area contributed by atoms with E-state index in [0.29, 0.717) is 30.3 Å². The van der Waals surface area contributed by atoms with Crippen LogP contribution in [0.25, 0.3) is 11.3 Å². The van der Waals surface area contributed by atoms with Crippen LogP contribution >= 0.6 is 0 Å². The molecule has 1 amide bonds. The van der Waals surface area contributed by atoms with E-state index in [1.54, 1.807) is 40.2 Å². The number of nitrogens with zero attached hydrogens (tertiary/aromatic N) is 6. The third-order valence-electron chi connectivity index (χ3n) is 4.59. The summed E-state index contributed by atoms with van der Waals surface area (Å²) in [5, 5.41) is 4.12. The highest BCUT2D eigenvalue weighted by Gasteiger charge is 2.27. The highest BCUT2D eigenvalue weighted by molar-refractivity contribution is 5.97. The molecule has 0 saturated carbocycles. The SMILES string of the molecule is Cc1cnc(N2CCN(c3cnn(C)c3)C(=O)C2)nc1-c1ccccc1F. The van der Waals surface area contributed by atoms with Gasteiger partial charge in [0.2, 0.25) is 11.9 Å². The molecule has 1 aliphatic rings. The van der Waals surface area contributed by atoms with E-state index >= 15 is 0 Å². The average molecular weight is 366 g/mol. The maximum absolute atomic E-state index is 14.2. The molecule has 2 aromatic heterocycles. The highest BCUT2D eigenvalue weighted by Crippen LogP contribution is 2.26. The number of amides is 1. The zero-order chi connectivity index (χ0) is 19.0. The van der Waals surface area contributed by atoms with E-state index in [1.807, 2.05) is 25.1 Å². The molecule has 8 heteroatoms. The molecule has 0 atom stereocenters. The van der Waals surface area contributed by atoms with Gasteiger partial charge < -0.3 is 9.80 Å². The van der Waals surface area contributed by atoms with Gasteiger partial charge in [0.1, 0.15) is 12.4 Å². The molecular formula is C19H19FN6O. The Bertz CT molecular complexity index is 1000. The number of carbonyl (C=O) groups is 1. The Kier molecular flexibility index (Phi) is 4.31. The molecule has 4 rings (SSSR count). The Morgan fingerprint density at radius 3 is 2.67 bits per heavy atom. The first kappa shape index (κ1) is 17.1. The monoisotopic (exact) mass is 366 g/mol. The minimum Gasteiger partial charge on any atom is -0.330 e. The summed E-state index contributed by atoms with van der Waals surface area (Å²) in [5.74, 6) is 0.0478. The van der Waals surface area contributed by atoms with Gasteiger partial charge in [0.05, 0.1) is 17.6 Å². The molecule has 0 bridgehead atoms. The van der Waals surface area contributed by atoms with Crippen molar-refractivity contribution >= 4 is 17.5 Å². The van der Waals surface area contributed by atoms with Crippen molar-refractivity contribution < 1.29 is 9.18 Å². The number of piperazine rings is 1. The smallest absolute Gasteiger partial charge is 0.246 e. The molecule has 1 fully saturated rings. The third-order valence-corrected chi connectivity index (χ3v) is 4.59. The van der Waals surface area contributed by atoms with E-state index in [1.165, 1.54) is 6.07 Å². The van der Waals surface area contributed by atoms with Crippen LogP contribution in [0.1, 0.15) is 5.56 Å². The normalized spacial score (nSPS) is 14.7. The van der Waals surface area contributed by atoms with Crippen molar-refractivity contribution in [2.75, 3.05) is 29.4 Å². The van der Waals surface area contributed by atoms with Crippen molar-refractivity contribution in [1.29, 1.82) is 0 Å². The Hall–Kier alpha value is -3.29. The molecule has 138 valence electrons. The van der Waals surface area contributed by atoms with Crippen molar-refractivity contribution in [2.45, 2.75) is 6.92 Å². The molecule has 3 aromatic rings. The summed E-state index contributed by atoms with van der Waals surface area (Å²) in [6.07, 6.45) is 5.15. The second-order valence-corrected chi connectivity index (χ2v) is 6.52. The van der Waals surface area contributed by atoms with Gasteiger partial charge in [-0.2, -0.15) is 5.10 Å². The molecule has 1 aromatic carbocycles. The molecule has 0 aliphatic carbocycles. The molecule has 0 spiro atoms. The van der Waals surface area contributed by atoms with Crippen LogP contribution in [0.5, 0.6) is 0 Å². The topological polar surface area (TPSA) is 67.2 Å². The first-order valence-corrected chi connectivity index (χ1v) is 8.65. The van der Waals surface area contributed by atoms with Crippen LogP contribution in [0.3, 0.4) is 0 Å². The van der Waals surface area contributed by atoms with Gasteiger partial charge in [-0.15, -0.1) is 0 Å². The molecular weight excluding hydrogens is 347 g/mol. The predicted octanol–water partition coefficient (Wildman–Crippen LogP) is 2.18. The number of aryl methyl sites for hydroxylation is 2. The van der Waals surface area contributed by atoms with Gasteiger partial charge in [0, 0.05) is 38.1 Å². The maximum Gasteiger partial charge on any atom is 0.246 e. The van der Waals surface area contributed by atoms with E-state index in [-0.39, 0.29) is 18.3 Å². The van der Waals surface area contributed by atoms with Gasteiger partial charge in [-0.25, -0.2) is 14.4 Å². The van der Waals surface area contributed by atoms with Crippen LogP contribution in [0.2, 0.25) is 0 Å². The lowest BCUT2D eigenvalue weighted by atomic mass is 10.1. The molecule has 1 aliphatic heterocycles. The summed E-state index contributed by atoms with van der Waals surface area (Å²) < 4.78 is 15.9. The number of hydrogen-bond acceptors (Lipinski definition) is 5. The Morgan fingerprint density at radius 1 is 1.15 bits per heavy atom. The summed E-state index contributed by atoms with van der Waals surface area (Å²) in [4.78, 5) is 25.0. The van der Waals surface area contributed by atoms with E-state index in [0.717, 1.165) is 11.3 Å². The van der Waals surface area contributed by atoms with E-state index < -0.39 is 0 Å². The standard InChI is InChI=1S/C19H19FN6O/c1-13-9-21-19(23-18(13)15-5-3-4-6-16(15)20)25-7-8-26(17(27)12-25)14-10-22-24(2)11-14/h3-6,9-11H,7-8,12H2,1-2H3. The van der Waals surface area contributed by atoms with Gasteiger partial charge >= 0.3 is 0 Å². The van der Waals surface area contributed by atoms with E-state index in [4.69, 9.17) is 0 Å². The second-order valence-electron chi connectivity index (χ2n) is 6.52. The van der Waals surface area contributed by atoms with Crippen LogP contribution in [0.15, 0.2) is 42.9 Å². The number of carbonyl (C=O) groups excluding carboxylic acids is 1.